The molecule has 14 heavy (non-hydrogen) atoms. The van der Waals surface area contributed by atoms with Crippen molar-refractivity contribution in [1.29, 1.82) is 0 Å². The fourth-order valence-electron chi connectivity index (χ4n) is 1.41. The Morgan fingerprint density at radius 3 is 2.00 bits per heavy atom. The highest BCUT2D eigenvalue weighted by molar-refractivity contribution is 7.77. The van der Waals surface area contributed by atoms with Crippen molar-refractivity contribution >= 4 is 44.3 Å². The summed E-state index contributed by atoms with van der Waals surface area (Å²) in [5.74, 6) is 1.68. The molecule has 0 radical (unpaired) electrons. The van der Waals surface area contributed by atoms with Gasteiger partial charge in [-0.2, -0.15) is 0 Å². The first kappa shape index (κ1) is 8.64. The minimum absolute atomic E-state index is 0.633. The van der Waals surface area contributed by atoms with Crippen molar-refractivity contribution in [3.05, 3.63) is 15.3 Å². The fraction of sp³-hybridized carbons (Fsp3) is 0.222. The third-order valence-corrected chi connectivity index (χ3v) is 4.57. The molecule has 0 saturated carbocycles. The van der Waals surface area contributed by atoms with E-state index >= 15 is 0 Å². The van der Waals surface area contributed by atoms with Crippen molar-refractivity contribution < 1.29 is 9.47 Å². The van der Waals surface area contributed by atoms with Crippen LogP contribution in [0.4, 0.5) is 0 Å². The van der Waals surface area contributed by atoms with E-state index in [1.807, 2.05) is 12.1 Å². The summed E-state index contributed by atoms with van der Waals surface area (Å²) in [7, 11) is 0. The van der Waals surface area contributed by atoms with Crippen molar-refractivity contribution in [2.24, 2.45) is 0 Å². The van der Waals surface area contributed by atoms with Crippen LogP contribution >= 0.6 is 34.9 Å². The molecule has 0 fully saturated rings. The minimum atomic E-state index is 0.633. The summed E-state index contributed by atoms with van der Waals surface area (Å²) in [6.07, 6.45) is 0. The van der Waals surface area contributed by atoms with Gasteiger partial charge in [0.25, 0.3) is 0 Å². The van der Waals surface area contributed by atoms with Crippen LogP contribution in [0.1, 0.15) is 0 Å². The van der Waals surface area contributed by atoms with Gasteiger partial charge in [0.1, 0.15) is 16.4 Å². The molecule has 0 bridgehead atoms. The third-order valence-electron chi connectivity index (χ3n) is 2.00. The smallest absolute Gasteiger partial charge is 0.162 e. The lowest BCUT2D eigenvalue weighted by molar-refractivity contribution is 0.172. The van der Waals surface area contributed by atoms with E-state index in [0.29, 0.717) is 13.2 Å². The second-order valence-corrected chi connectivity index (χ2v) is 6.18. The van der Waals surface area contributed by atoms with Gasteiger partial charge in [-0.05, 0) is 0 Å². The summed E-state index contributed by atoms with van der Waals surface area (Å²) in [5.41, 5.74) is 0. The number of rotatable bonds is 0. The Hall–Kier alpha value is -0.650. The Morgan fingerprint density at radius 1 is 1.00 bits per heavy atom. The van der Waals surface area contributed by atoms with Gasteiger partial charge < -0.3 is 9.47 Å². The molecular weight excluding hydrogens is 236 g/mol. The van der Waals surface area contributed by atoms with Gasteiger partial charge >= 0.3 is 0 Å². The molecule has 5 heteroatoms. The molecule has 1 aliphatic heterocycles. The fourth-order valence-corrected chi connectivity index (χ4v) is 3.92. The highest BCUT2D eigenvalue weighted by atomic mass is 32.2. The van der Waals surface area contributed by atoms with Gasteiger partial charge in [0.15, 0.2) is 11.5 Å². The Kier molecular flexibility index (Phi) is 1.97. The summed E-state index contributed by atoms with van der Waals surface area (Å²) < 4.78 is 14.3. The van der Waals surface area contributed by atoms with Crippen LogP contribution in [0.3, 0.4) is 0 Å². The van der Waals surface area contributed by atoms with Crippen LogP contribution in [0.5, 0.6) is 11.5 Å². The lowest BCUT2D eigenvalue weighted by Gasteiger charge is -2.17. The maximum atomic E-state index is 5.49. The number of hydrogen-bond donors (Lipinski definition) is 0. The van der Waals surface area contributed by atoms with Gasteiger partial charge in [0.05, 0.1) is 9.40 Å². The van der Waals surface area contributed by atoms with E-state index < -0.39 is 0 Å². The Labute approximate surface area is 93.7 Å². The molecule has 0 spiro atoms. The zero-order valence-corrected chi connectivity index (χ0v) is 9.56. The van der Waals surface area contributed by atoms with Gasteiger partial charge in [0.2, 0.25) is 0 Å². The zero-order chi connectivity index (χ0) is 9.54. The lowest BCUT2D eigenvalue weighted by Crippen LogP contribution is -2.14. The summed E-state index contributed by atoms with van der Waals surface area (Å²) in [4.78, 5) is 0. The molecule has 0 atom stereocenters. The maximum Gasteiger partial charge on any atom is 0.162 e. The highest BCUT2D eigenvalue weighted by Gasteiger charge is 2.13. The summed E-state index contributed by atoms with van der Waals surface area (Å²) in [6.45, 7) is 1.27. The minimum Gasteiger partial charge on any atom is -0.486 e. The van der Waals surface area contributed by atoms with E-state index in [0.717, 1.165) is 14.6 Å². The van der Waals surface area contributed by atoms with Crippen LogP contribution in [0.2, 0.25) is 0 Å². The average Bonchev–Trinajstić information content (AvgIpc) is 2.53. The molecule has 1 aliphatic rings. The van der Waals surface area contributed by atoms with E-state index in [4.69, 9.17) is 21.7 Å². The zero-order valence-electron chi connectivity index (χ0n) is 7.11. The van der Waals surface area contributed by atoms with E-state index in [1.54, 1.807) is 22.7 Å². The van der Waals surface area contributed by atoms with E-state index in [9.17, 15) is 0 Å². The molecule has 0 amide bonds. The molecule has 0 unspecified atom stereocenters. The molecule has 0 saturated heterocycles. The topological polar surface area (TPSA) is 18.5 Å². The molecular formula is C9H6O2S3. The van der Waals surface area contributed by atoms with Crippen molar-refractivity contribution in [3.63, 3.8) is 0 Å². The number of hydrogen-bond acceptors (Lipinski definition) is 5. The largest absolute Gasteiger partial charge is 0.486 e. The van der Waals surface area contributed by atoms with Gasteiger partial charge in [-0.3, -0.25) is 0 Å². The van der Waals surface area contributed by atoms with Crippen LogP contribution in [0.25, 0.3) is 9.40 Å². The van der Waals surface area contributed by atoms with Crippen molar-refractivity contribution in [3.8, 4) is 11.5 Å². The van der Waals surface area contributed by atoms with Crippen molar-refractivity contribution in [1.82, 2.24) is 0 Å². The Morgan fingerprint density at radius 2 is 1.50 bits per heavy atom. The van der Waals surface area contributed by atoms with Gasteiger partial charge in [-0.15, -0.1) is 22.7 Å². The second kappa shape index (κ2) is 3.18. The molecule has 0 aliphatic carbocycles. The van der Waals surface area contributed by atoms with Gasteiger partial charge in [-0.25, -0.2) is 0 Å². The van der Waals surface area contributed by atoms with Crippen LogP contribution in [-0.4, -0.2) is 13.2 Å². The lowest BCUT2D eigenvalue weighted by atomic mass is 10.3. The molecule has 0 N–H and O–H groups in total. The van der Waals surface area contributed by atoms with Gasteiger partial charge in [-0.1, -0.05) is 12.2 Å². The van der Waals surface area contributed by atoms with Crippen LogP contribution in [0, 0.1) is 3.14 Å². The molecule has 1 aromatic heterocycles. The molecule has 2 heterocycles. The van der Waals surface area contributed by atoms with Crippen LogP contribution < -0.4 is 9.47 Å². The average molecular weight is 242 g/mol. The van der Waals surface area contributed by atoms with Gasteiger partial charge in [0, 0.05) is 12.1 Å². The van der Waals surface area contributed by atoms with Crippen molar-refractivity contribution in [2.45, 2.75) is 0 Å². The predicted octanol–water partition coefficient (Wildman–Crippen LogP) is 3.46. The third kappa shape index (κ3) is 1.32. The number of benzene rings is 1. The monoisotopic (exact) mass is 242 g/mol. The Balaban J connectivity index is 2.31. The molecule has 2 aromatic rings. The first-order valence-electron chi connectivity index (χ1n) is 4.16. The number of fused-ring (bicyclic) bond motifs is 2. The summed E-state index contributed by atoms with van der Waals surface area (Å²) in [6, 6.07) is 4.03. The quantitative estimate of drug-likeness (QED) is 0.659. The SMILES string of the molecule is S=c1sc2cc3c(cc2s1)OCCO3. The highest BCUT2D eigenvalue weighted by Crippen LogP contribution is 2.39. The van der Waals surface area contributed by atoms with Crippen LogP contribution in [0.15, 0.2) is 12.1 Å². The molecule has 72 valence electrons. The molecule has 2 nitrogen and oxygen atoms in total. The number of ether oxygens (including phenoxy) is 2. The van der Waals surface area contributed by atoms with E-state index in [1.165, 1.54) is 9.40 Å². The maximum absolute atomic E-state index is 5.49. The first-order valence-corrected chi connectivity index (χ1v) is 6.20. The van der Waals surface area contributed by atoms with Crippen LogP contribution in [-0.2, 0) is 0 Å². The summed E-state index contributed by atoms with van der Waals surface area (Å²) in [5, 5.41) is 0. The Bertz CT molecular complexity index is 494. The van der Waals surface area contributed by atoms with Crippen molar-refractivity contribution in [2.75, 3.05) is 13.2 Å². The standard InChI is InChI=1S/C9H6O2S3/c12-9-13-7-3-5-6(4-8(7)14-9)11-2-1-10-5/h3-4H,1-2H2. The predicted molar refractivity (Wildman–Crippen MR) is 61.5 cm³/mol. The molecule has 1 aromatic carbocycles. The van der Waals surface area contributed by atoms with E-state index in [2.05, 4.69) is 0 Å². The normalized spacial score (nSPS) is 14.6. The molecule has 3 rings (SSSR count). The second-order valence-electron chi connectivity index (χ2n) is 2.90. The first-order chi connectivity index (χ1) is 6.83. The summed E-state index contributed by atoms with van der Waals surface area (Å²) >= 11 is 8.39. The van der Waals surface area contributed by atoms with E-state index in [-0.39, 0.29) is 0 Å².